The summed E-state index contributed by atoms with van der Waals surface area (Å²) < 4.78 is 5.59. The molecule has 2 bridgehead atoms. The van der Waals surface area contributed by atoms with Crippen LogP contribution in [0, 0.1) is 24.7 Å². The van der Waals surface area contributed by atoms with Crippen molar-refractivity contribution in [3.05, 3.63) is 42.0 Å². The summed E-state index contributed by atoms with van der Waals surface area (Å²) in [4.78, 5) is 0. The highest BCUT2D eigenvalue weighted by atomic mass is 16.5. The first-order chi connectivity index (χ1) is 10.2. The van der Waals surface area contributed by atoms with E-state index in [1.807, 2.05) is 31.2 Å². The first-order valence-corrected chi connectivity index (χ1v) is 7.97. The van der Waals surface area contributed by atoms with Crippen LogP contribution in [-0.2, 0) is 0 Å². The predicted octanol–water partition coefficient (Wildman–Crippen LogP) is 2.54. The van der Waals surface area contributed by atoms with E-state index in [9.17, 15) is 5.11 Å². The van der Waals surface area contributed by atoms with Crippen molar-refractivity contribution in [3.8, 4) is 5.75 Å². The lowest BCUT2D eigenvalue weighted by atomic mass is 9.93. The number of hydrogen-bond acceptors (Lipinski definition) is 3. The Bertz CT molecular complexity index is 482. The normalized spacial score (nSPS) is 28.0. The summed E-state index contributed by atoms with van der Waals surface area (Å²) in [6.07, 6.45) is 6.93. The van der Waals surface area contributed by atoms with Crippen molar-refractivity contribution >= 4 is 0 Å². The lowest BCUT2D eigenvalue weighted by Gasteiger charge is -2.20. The minimum absolute atomic E-state index is 0.340. The molecule has 1 aromatic rings. The minimum Gasteiger partial charge on any atom is -0.491 e. The fraction of sp³-hybridized carbons (Fsp3) is 0.556. The Morgan fingerprint density at radius 1 is 1.24 bits per heavy atom. The van der Waals surface area contributed by atoms with Gasteiger partial charge in [0.2, 0.25) is 0 Å². The lowest BCUT2D eigenvalue weighted by molar-refractivity contribution is 0.105. The molecule has 3 heteroatoms. The van der Waals surface area contributed by atoms with Crippen LogP contribution in [0.4, 0.5) is 0 Å². The van der Waals surface area contributed by atoms with Crippen molar-refractivity contribution in [2.45, 2.75) is 25.9 Å². The van der Waals surface area contributed by atoms with E-state index in [2.05, 4.69) is 17.5 Å². The van der Waals surface area contributed by atoms with E-state index in [-0.39, 0.29) is 0 Å². The third-order valence-corrected chi connectivity index (χ3v) is 4.67. The first-order valence-electron chi connectivity index (χ1n) is 7.97. The molecule has 2 N–H and O–H groups in total. The average molecular weight is 287 g/mol. The largest absolute Gasteiger partial charge is 0.491 e. The van der Waals surface area contributed by atoms with Gasteiger partial charge in [-0.3, -0.25) is 0 Å². The summed E-state index contributed by atoms with van der Waals surface area (Å²) in [5.41, 5.74) is 1.21. The first kappa shape index (κ1) is 14.6. The zero-order valence-corrected chi connectivity index (χ0v) is 12.7. The number of allylic oxidation sites excluding steroid dienone is 2. The molecule has 0 saturated heterocycles. The van der Waals surface area contributed by atoms with Crippen molar-refractivity contribution in [1.82, 2.24) is 5.32 Å². The molecule has 2 aliphatic rings. The van der Waals surface area contributed by atoms with Crippen LogP contribution in [0.2, 0.25) is 0 Å². The van der Waals surface area contributed by atoms with E-state index < -0.39 is 6.10 Å². The van der Waals surface area contributed by atoms with E-state index in [4.69, 9.17) is 4.74 Å². The van der Waals surface area contributed by atoms with Crippen molar-refractivity contribution in [3.63, 3.8) is 0 Å². The highest BCUT2D eigenvalue weighted by molar-refractivity contribution is 5.26. The molecule has 0 amide bonds. The summed E-state index contributed by atoms with van der Waals surface area (Å²) >= 11 is 0. The molecular formula is C18H25NO2. The molecule has 114 valence electrons. The number of rotatable bonds is 7. The Balaban J connectivity index is 1.32. The molecule has 3 nitrogen and oxygen atoms in total. The molecule has 0 unspecified atom stereocenters. The molecule has 0 radical (unpaired) electrons. The lowest BCUT2D eigenvalue weighted by Crippen LogP contribution is -2.35. The van der Waals surface area contributed by atoms with Gasteiger partial charge in [-0.2, -0.15) is 0 Å². The molecule has 4 atom stereocenters. The minimum atomic E-state index is -0.458. The molecule has 2 aliphatic carbocycles. The Morgan fingerprint density at radius 3 is 2.71 bits per heavy atom. The average Bonchev–Trinajstić information content (AvgIpc) is 3.09. The van der Waals surface area contributed by atoms with Gasteiger partial charge < -0.3 is 15.2 Å². The molecule has 0 aromatic heterocycles. The highest BCUT2D eigenvalue weighted by Gasteiger charge is 2.34. The maximum Gasteiger partial charge on any atom is 0.119 e. The fourth-order valence-electron chi connectivity index (χ4n) is 3.45. The second-order valence-electron chi connectivity index (χ2n) is 6.48. The smallest absolute Gasteiger partial charge is 0.119 e. The van der Waals surface area contributed by atoms with Crippen LogP contribution in [0.3, 0.4) is 0 Å². The van der Waals surface area contributed by atoms with Crippen LogP contribution in [0.15, 0.2) is 36.4 Å². The molecule has 0 aliphatic heterocycles. The Hall–Kier alpha value is -1.32. The quantitative estimate of drug-likeness (QED) is 0.757. The van der Waals surface area contributed by atoms with Crippen LogP contribution in [0.25, 0.3) is 0 Å². The fourth-order valence-corrected chi connectivity index (χ4v) is 3.45. The maximum atomic E-state index is 9.97. The number of ether oxygens (including phenoxy) is 1. The van der Waals surface area contributed by atoms with E-state index in [1.54, 1.807) is 0 Å². The van der Waals surface area contributed by atoms with Gasteiger partial charge in [-0.25, -0.2) is 0 Å². The predicted molar refractivity (Wildman–Crippen MR) is 84.4 cm³/mol. The molecule has 1 fully saturated rings. The number of fused-ring (bicyclic) bond motifs is 2. The summed E-state index contributed by atoms with van der Waals surface area (Å²) in [5, 5.41) is 13.4. The Morgan fingerprint density at radius 2 is 2.05 bits per heavy atom. The third kappa shape index (κ3) is 3.86. The van der Waals surface area contributed by atoms with Gasteiger partial charge >= 0.3 is 0 Å². The van der Waals surface area contributed by atoms with Crippen molar-refractivity contribution < 1.29 is 9.84 Å². The van der Waals surface area contributed by atoms with Gasteiger partial charge in [0, 0.05) is 6.54 Å². The molecule has 0 heterocycles. The summed E-state index contributed by atoms with van der Waals surface area (Å²) in [7, 11) is 0. The monoisotopic (exact) mass is 287 g/mol. The van der Waals surface area contributed by atoms with Gasteiger partial charge in [0.1, 0.15) is 18.5 Å². The van der Waals surface area contributed by atoms with E-state index in [0.717, 1.165) is 30.0 Å². The van der Waals surface area contributed by atoms with Crippen molar-refractivity contribution in [2.75, 3.05) is 19.7 Å². The number of aliphatic hydroxyl groups is 1. The van der Waals surface area contributed by atoms with Gasteiger partial charge in [0.05, 0.1) is 0 Å². The van der Waals surface area contributed by atoms with Gasteiger partial charge in [-0.05, 0) is 56.2 Å². The highest BCUT2D eigenvalue weighted by Crippen LogP contribution is 2.42. The molecular weight excluding hydrogens is 262 g/mol. The zero-order chi connectivity index (χ0) is 14.7. The summed E-state index contributed by atoms with van der Waals surface area (Å²) in [5.74, 6) is 3.16. The van der Waals surface area contributed by atoms with E-state index >= 15 is 0 Å². The van der Waals surface area contributed by atoms with Crippen molar-refractivity contribution in [2.24, 2.45) is 17.8 Å². The zero-order valence-electron chi connectivity index (χ0n) is 12.7. The second kappa shape index (κ2) is 6.63. The number of hydrogen-bond donors (Lipinski definition) is 2. The van der Waals surface area contributed by atoms with Crippen LogP contribution < -0.4 is 10.1 Å². The molecule has 3 rings (SSSR count). The Labute approximate surface area is 127 Å². The van der Waals surface area contributed by atoms with E-state index in [0.29, 0.717) is 13.2 Å². The topological polar surface area (TPSA) is 41.5 Å². The summed E-state index contributed by atoms with van der Waals surface area (Å²) in [6, 6.07) is 7.92. The van der Waals surface area contributed by atoms with Gasteiger partial charge in [-0.15, -0.1) is 0 Å². The Kier molecular flexibility index (Phi) is 4.61. The number of aliphatic hydroxyl groups excluding tert-OH is 1. The second-order valence-corrected chi connectivity index (χ2v) is 6.48. The van der Waals surface area contributed by atoms with Crippen LogP contribution in [0.5, 0.6) is 5.75 Å². The van der Waals surface area contributed by atoms with Crippen molar-refractivity contribution in [1.29, 1.82) is 0 Å². The van der Waals surface area contributed by atoms with Crippen LogP contribution >= 0.6 is 0 Å². The number of benzene rings is 1. The standard InChI is InChI=1S/C18H25NO2/c1-13-2-6-18(7-3-13)21-12-17(20)11-19-10-16-9-14-4-5-15(16)8-14/h2-7,14-17,19-20H,8-12H2,1H3/t14-,15-,16-,17+/m0/s1. The third-order valence-electron chi connectivity index (χ3n) is 4.67. The molecule has 21 heavy (non-hydrogen) atoms. The number of nitrogens with one attached hydrogen (secondary N) is 1. The van der Waals surface area contributed by atoms with Crippen LogP contribution in [-0.4, -0.2) is 30.9 Å². The van der Waals surface area contributed by atoms with Gasteiger partial charge in [0.25, 0.3) is 0 Å². The van der Waals surface area contributed by atoms with E-state index in [1.165, 1.54) is 18.4 Å². The van der Waals surface area contributed by atoms with Crippen LogP contribution in [0.1, 0.15) is 18.4 Å². The molecule has 1 saturated carbocycles. The van der Waals surface area contributed by atoms with Gasteiger partial charge in [0.15, 0.2) is 0 Å². The maximum absolute atomic E-state index is 9.97. The van der Waals surface area contributed by atoms with Gasteiger partial charge in [-0.1, -0.05) is 29.8 Å². The SMILES string of the molecule is Cc1ccc(OC[C@H](O)CNC[C@@H]2C[C@H]3C=C[C@H]2C3)cc1. The summed E-state index contributed by atoms with van der Waals surface area (Å²) in [6.45, 7) is 4.00. The molecule has 1 aromatic carbocycles. The molecule has 0 spiro atoms. The number of aryl methyl sites for hydroxylation is 1.